The van der Waals surface area contributed by atoms with Crippen LogP contribution in [0.25, 0.3) is 0 Å². The molecule has 82 valence electrons. The Hall–Kier alpha value is -1.31. The molecule has 1 aromatic carbocycles. The summed E-state index contributed by atoms with van der Waals surface area (Å²) < 4.78 is 0. The fourth-order valence-electron chi connectivity index (χ4n) is 1.98. The van der Waals surface area contributed by atoms with Gasteiger partial charge in [-0.15, -0.1) is 0 Å². The Balaban J connectivity index is 0.000000245. The van der Waals surface area contributed by atoms with E-state index in [2.05, 4.69) is 30.3 Å². The lowest BCUT2D eigenvalue weighted by molar-refractivity contribution is -0.134. The van der Waals surface area contributed by atoms with E-state index in [-0.39, 0.29) is 0 Å². The summed E-state index contributed by atoms with van der Waals surface area (Å²) in [5, 5.41) is 7.42. The van der Waals surface area contributed by atoms with Crippen molar-refractivity contribution in [3.05, 3.63) is 35.9 Å². The number of carbonyl (C=O) groups is 1. The van der Waals surface area contributed by atoms with Gasteiger partial charge >= 0.3 is 0 Å². The molecule has 0 bridgehead atoms. The third-order valence-corrected chi connectivity index (χ3v) is 2.63. The number of rotatable bonds is 1. The van der Waals surface area contributed by atoms with Crippen LogP contribution in [-0.4, -0.2) is 11.1 Å². The first-order valence-electron chi connectivity index (χ1n) is 5.44. The Morgan fingerprint density at radius 2 is 1.67 bits per heavy atom. The third kappa shape index (κ3) is 4.63. The minimum absolute atomic E-state index is 0.833. The number of hydrogen-bond acceptors (Lipinski definition) is 1. The molecular weight excluding hydrogens is 188 g/mol. The van der Waals surface area contributed by atoms with Gasteiger partial charge in [0.1, 0.15) is 0 Å². The largest absolute Gasteiger partial charge is 0.481 e. The standard InChI is InChI=1S/C11H14.C2H4O2/c1-2-6-10(7-3-1)11-8-4-5-9-11;1-2(3)4/h1-3,6-7,11H,4-5,8-9H2;1H3,(H,3,4). The second kappa shape index (κ2) is 6.23. The van der Waals surface area contributed by atoms with Gasteiger partial charge in [-0.1, -0.05) is 43.2 Å². The van der Waals surface area contributed by atoms with E-state index in [0.29, 0.717) is 0 Å². The fraction of sp³-hybridized carbons (Fsp3) is 0.462. The first-order chi connectivity index (χ1) is 7.20. The molecule has 15 heavy (non-hydrogen) atoms. The van der Waals surface area contributed by atoms with Crippen molar-refractivity contribution < 1.29 is 9.90 Å². The SMILES string of the molecule is CC(=O)O.c1ccc(C2CCCC2)cc1. The van der Waals surface area contributed by atoms with E-state index in [1.54, 1.807) is 5.56 Å². The van der Waals surface area contributed by atoms with E-state index in [9.17, 15) is 0 Å². The fourth-order valence-corrected chi connectivity index (χ4v) is 1.98. The lowest BCUT2D eigenvalue weighted by atomic mass is 9.98. The summed E-state index contributed by atoms with van der Waals surface area (Å²) in [6, 6.07) is 10.9. The maximum absolute atomic E-state index is 9.00. The molecule has 1 aliphatic carbocycles. The summed E-state index contributed by atoms with van der Waals surface area (Å²) in [7, 11) is 0. The van der Waals surface area contributed by atoms with Crippen LogP contribution < -0.4 is 0 Å². The van der Waals surface area contributed by atoms with E-state index in [0.717, 1.165) is 12.8 Å². The number of carboxylic acids is 1. The van der Waals surface area contributed by atoms with Gasteiger partial charge in [-0.2, -0.15) is 0 Å². The molecule has 1 aliphatic rings. The molecule has 1 fully saturated rings. The topological polar surface area (TPSA) is 37.3 Å². The van der Waals surface area contributed by atoms with Crippen molar-refractivity contribution in [1.29, 1.82) is 0 Å². The number of benzene rings is 1. The summed E-state index contributed by atoms with van der Waals surface area (Å²) in [5.41, 5.74) is 1.55. The highest BCUT2D eigenvalue weighted by Gasteiger charge is 2.15. The van der Waals surface area contributed by atoms with Crippen molar-refractivity contribution in [3.63, 3.8) is 0 Å². The molecule has 0 amide bonds. The first-order valence-corrected chi connectivity index (χ1v) is 5.44. The highest BCUT2D eigenvalue weighted by molar-refractivity contribution is 5.62. The molecule has 1 N–H and O–H groups in total. The van der Waals surface area contributed by atoms with Crippen molar-refractivity contribution in [2.24, 2.45) is 0 Å². The van der Waals surface area contributed by atoms with Gasteiger partial charge < -0.3 is 5.11 Å². The van der Waals surface area contributed by atoms with E-state index < -0.39 is 5.97 Å². The number of aliphatic carboxylic acids is 1. The summed E-state index contributed by atoms with van der Waals surface area (Å²) in [6.07, 6.45) is 5.67. The zero-order valence-electron chi connectivity index (χ0n) is 9.15. The zero-order valence-corrected chi connectivity index (χ0v) is 9.15. The highest BCUT2D eigenvalue weighted by Crippen LogP contribution is 2.33. The Morgan fingerprint density at radius 1 is 1.20 bits per heavy atom. The molecule has 0 unspecified atom stereocenters. The highest BCUT2D eigenvalue weighted by atomic mass is 16.4. The molecule has 0 saturated heterocycles. The summed E-state index contributed by atoms with van der Waals surface area (Å²) in [6.45, 7) is 1.08. The van der Waals surface area contributed by atoms with Crippen molar-refractivity contribution in [1.82, 2.24) is 0 Å². The monoisotopic (exact) mass is 206 g/mol. The molecule has 0 aromatic heterocycles. The van der Waals surface area contributed by atoms with Crippen LogP contribution in [0.3, 0.4) is 0 Å². The quantitative estimate of drug-likeness (QED) is 0.764. The van der Waals surface area contributed by atoms with Crippen molar-refractivity contribution in [2.75, 3.05) is 0 Å². The summed E-state index contributed by atoms with van der Waals surface area (Å²) in [4.78, 5) is 9.00. The molecule has 0 radical (unpaired) electrons. The van der Waals surface area contributed by atoms with Crippen LogP contribution in [0.1, 0.15) is 44.1 Å². The van der Waals surface area contributed by atoms with Gasteiger partial charge in [0.05, 0.1) is 0 Å². The van der Waals surface area contributed by atoms with Crippen LogP contribution in [0.5, 0.6) is 0 Å². The van der Waals surface area contributed by atoms with Gasteiger partial charge in [-0.25, -0.2) is 0 Å². The van der Waals surface area contributed by atoms with Gasteiger partial charge in [0.2, 0.25) is 0 Å². The molecule has 2 nitrogen and oxygen atoms in total. The molecule has 2 rings (SSSR count). The van der Waals surface area contributed by atoms with E-state index in [1.807, 2.05) is 0 Å². The number of carboxylic acid groups (broad SMARTS) is 1. The molecule has 0 atom stereocenters. The van der Waals surface area contributed by atoms with Crippen LogP contribution >= 0.6 is 0 Å². The smallest absolute Gasteiger partial charge is 0.300 e. The van der Waals surface area contributed by atoms with Crippen LogP contribution in [0.4, 0.5) is 0 Å². The van der Waals surface area contributed by atoms with Gasteiger partial charge in [-0.05, 0) is 24.3 Å². The van der Waals surface area contributed by atoms with Crippen LogP contribution in [0.2, 0.25) is 0 Å². The van der Waals surface area contributed by atoms with Gasteiger partial charge in [0.25, 0.3) is 5.97 Å². The molecular formula is C13H18O2. The van der Waals surface area contributed by atoms with Crippen molar-refractivity contribution >= 4 is 5.97 Å². The molecule has 1 saturated carbocycles. The normalized spacial score (nSPS) is 15.5. The Morgan fingerprint density at radius 3 is 2.13 bits per heavy atom. The minimum Gasteiger partial charge on any atom is -0.481 e. The molecule has 0 heterocycles. The minimum atomic E-state index is -0.833. The van der Waals surface area contributed by atoms with Crippen LogP contribution in [-0.2, 0) is 4.79 Å². The molecule has 0 spiro atoms. The zero-order chi connectivity index (χ0) is 11.1. The Labute approximate surface area is 90.9 Å². The number of hydrogen-bond donors (Lipinski definition) is 1. The van der Waals surface area contributed by atoms with Crippen LogP contribution in [0, 0.1) is 0 Å². The van der Waals surface area contributed by atoms with Crippen molar-refractivity contribution in [3.8, 4) is 0 Å². The second-order valence-electron chi connectivity index (χ2n) is 3.91. The molecule has 0 aliphatic heterocycles. The predicted molar refractivity (Wildman–Crippen MR) is 61.0 cm³/mol. The van der Waals surface area contributed by atoms with E-state index in [1.165, 1.54) is 25.7 Å². The Kier molecular flexibility index (Phi) is 4.88. The van der Waals surface area contributed by atoms with Crippen molar-refractivity contribution in [2.45, 2.75) is 38.5 Å². The maximum Gasteiger partial charge on any atom is 0.300 e. The van der Waals surface area contributed by atoms with Gasteiger partial charge in [0.15, 0.2) is 0 Å². The third-order valence-electron chi connectivity index (χ3n) is 2.63. The molecule has 1 aromatic rings. The Bertz CT molecular complexity index is 283. The molecule has 2 heteroatoms. The average Bonchev–Trinajstić information content (AvgIpc) is 2.71. The summed E-state index contributed by atoms with van der Waals surface area (Å²) in [5.74, 6) is 0.0381. The van der Waals surface area contributed by atoms with E-state index in [4.69, 9.17) is 9.90 Å². The predicted octanol–water partition coefficient (Wildman–Crippen LogP) is 3.44. The summed E-state index contributed by atoms with van der Waals surface area (Å²) >= 11 is 0. The average molecular weight is 206 g/mol. The maximum atomic E-state index is 9.00. The second-order valence-corrected chi connectivity index (χ2v) is 3.91. The lowest BCUT2D eigenvalue weighted by Crippen LogP contribution is -1.89. The van der Waals surface area contributed by atoms with E-state index >= 15 is 0 Å². The van der Waals surface area contributed by atoms with Gasteiger partial charge in [0, 0.05) is 6.92 Å². The van der Waals surface area contributed by atoms with Gasteiger partial charge in [-0.3, -0.25) is 4.79 Å². The van der Waals surface area contributed by atoms with Crippen LogP contribution in [0.15, 0.2) is 30.3 Å². The lowest BCUT2D eigenvalue weighted by Gasteiger charge is -2.07. The first kappa shape index (κ1) is 11.8.